The molecule has 2 heterocycles. The van der Waals surface area contributed by atoms with Gasteiger partial charge in [-0.3, -0.25) is 4.79 Å². The average Bonchev–Trinajstić information content (AvgIpc) is 2.86. The summed E-state index contributed by atoms with van der Waals surface area (Å²) < 4.78 is 0. The molecule has 2 aromatic rings. The summed E-state index contributed by atoms with van der Waals surface area (Å²) >= 11 is 1.41. The van der Waals surface area contributed by atoms with E-state index in [1.165, 1.54) is 11.3 Å². The summed E-state index contributed by atoms with van der Waals surface area (Å²) in [5.41, 5.74) is 1.30. The quantitative estimate of drug-likeness (QED) is 0.831. The van der Waals surface area contributed by atoms with E-state index >= 15 is 0 Å². The molecule has 0 saturated heterocycles. The van der Waals surface area contributed by atoms with Gasteiger partial charge in [-0.2, -0.15) is 0 Å². The van der Waals surface area contributed by atoms with Crippen LogP contribution in [0.25, 0.3) is 10.6 Å². The van der Waals surface area contributed by atoms with Crippen molar-refractivity contribution in [2.45, 2.75) is 46.0 Å². The highest BCUT2D eigenvalue weighted by Crippen LogP contribution is 2.25. The second kappa shape index (κ2) is 6.39. The minimum Gasteiger partial charge on any atom is -0.360 e. The van der Waals surface area contributed by atoms with Crippen molar-refractivity contribution in [3.05, 3.63) is 28.2 Å². The zero-order valence-corrected chi connectivity index (χ0v) is 13.8. The zero-order valence-electron chi connectivity index (χ0n) is 13.0. The summed E-state index contributed by atoms with van der Waals surface area (Å²) in [6.07, 6.45) is 2.22. The molecule has 0 amide bonds. The van der Waals surface area contributed by atoms with Gasteiger partial charge in [0.25, 0.3) is 5.56 Å². The lowest BCUT2D eigenvalue weighted by atomic mass is 9.91. The van der Waals surface area contributed by atoms with E-state index in [4.69, 9.17) is 0 Å². The van der Waals surface area contributed by atoms with Crippen LogP contribution in [0.3, 0.4) is 0 Å². The molecule has 0 saturated carbocycles. The lowest BCUT2D eigenvalue weighted by molar-refractivity contribution is 0.567. The predicted molar refractivity (Wildman–Crippen MR) is 88.1 cm³/mol. The Morgan fingerprint density at radius 3 is 2.67 bits per heavy atom. The van der Waals surface area contributed by atoms with Gasteiger partial charge in [-0.1, -0.05) is 45.5 Å². The molecule has 2 aromatic heterocycles. The number of aromatic nitrogens is 3. The maximum Gasteiger partial charge on any atom is 0.258 e. The standard InChI is InChI=1S/C15H22N4OS/c1-5-6-9-16-14-19-18-13(21-14)10-7-8-11(15(2,3)4)17-12(10)20/h7-8H,5-6,9H2,1-4H3,(H,16,19)(H,17,20). The monoisotopic (exact) mass is 306 g/mol. The fraction of sp³-hybridized carbons (Fsp3) is 0.533. The van der Waals surface area contributed by atoms with Crippen molar-refractivity contribution in [2.75, 3.05) is 11.9 Å². The first-order chi connectivity index (χ1) is 9.91. The van der Waals surface area contributed by atoms with Crippen molar-refractivity contribution in [1.82, 2.24) is 15.2 Å². The van der Waals surface area contributed by atoms with Gasteiger partial charge in [0.2, 0.25) is 5.13 Å². The summed E-state index contributed by atoms with van der Waals surface area (Å²) in [5.74, 6) is 0. The highest BCUT2D eigenvalue weighted by molar-refractivity contribution is 7.18. The van der Waals surface area contributed by atoms with E-state index < -0.39 is 0 Å². The molecule has 0 aliphatic heterocycles. The molecule has 0 bridgehead atoms. The highest BCUT2D eigenvalue weighted by atomic mass is 32.1. The van der Waals surface area contributed by atoms with Gasteiger partial charge in [-0.15, -0.1) is 10.2 Å². The molecule has 0 spiro atoms. The number of unbranched alkanes of at least 4 members (excludes halogenated alkanes) is 1. The van der Waals surface area contributed by atoms with Crippen molar-refractivity contribution in [2.24, 2.45) is 0 Å². The third-order valence-electron chi connectivity index (χ3n) is 3.18. The summed E-state index contributed by atoms with van der Waals surface area (Å²) in [4.78, 5) is 15.2. The van der Waals surface area contributed by atoms with Gasteiger partial charge >= 0.3 is 0 Å². The van der Waals surface area contributed by atoms with Gasteiger partial charge in [0.1, 0.15) is 0 Å². The molecule has 5 nitrogen and oxygen atoms in total. The van der Waals surface area contributed by atoms with Crippen LogP contribution < -0.4 is 10.9 Å². The Morgan fingerprint density at radius 2 is 2.05 bits per heavy atom. The molecule has 21 heavy (non-hydrogen) atoms. The SMILES string of the molecule is CCCCNc1nnc(-c2ccc(C(C)(C)C)[nH]c2=O)s1. The van der Waals surface area contributed by atoms with Gasteiger partial charge < -0.3 is 10.3 Å². The molecular weight excluding hydrogens is 284 g/mol. The highest BCUT2D eigenvalue weighted by Gasteiger charge is 2.17. The van der Waals surface area contributed by atoms with Crippen molar-refractivity contribution in [3.8, 4) is 10.6 Å². The van der Waals surface area contributed by atoms with Crippen LogP contribution in [-0.4, -0.2) is 21.7 Å². The molecule has 0 aromatic carbocycles. The van der Waals surface area contributed by atoms with Gasteiger partial charge in [0, 0.05) is 17.7 Å². The normalized spacial score (nSPS) is 11.6. The molecule has 0 radical (unpaired) electrons. The number of aromatic amines is 1. The fourth-order valence-corrected chi connectivity index (χ4v) is 2.65. The molecule has 0 unspecified atom stereocenters. The van der Waals surface area contributed by atoms with Crippen LogP contribution in [0.1, 0.15) is 46.2 Å². The van der Waals surface area contributed by atoms with Crippen LogP contribution in [0, 0.1) is 0 Å². The Morgan fingerprint density at radius 1 is 1.29 bits per heavy atom. The average molecular weight is 306 g/mol. The molecule has 0 aliphatic carbocycles. The molecule has 6 heteroatoms. The Labute approximate surface area is 128 Å². The smallest absolute Gasteiger partial charge is 0.258 e. The van der Waals surface area contributed by atoms with Crippen LogP contribution in [-0.2, 0) is 5.41 Å². The number of H-pyrrole nitrogens is 1. The first-order valence-electron chi connectivity index (χ1n) is 7.23. The number of hydrogen-bond donors (Lipinski definition) is 2. The molecule has 114 valence electrons. The summed E-state index contributed by atoms with van der Waals surface area (Å²) in [6, 6.07) is 3.78. The number of anilines is 1. The van der Waals surface area contributed by atoms with E-state index in [0.29, 0.717) is 10.6 Å². The molecule has 0 fully saturated rings. The first-order valence-corrected chi connectivity index (χ1v) is 8.05. The van der Waals surface area contributed by atoms with Crippen LogP contribution in [0.5, 0.6) is 0 Å². The van der Waals surface area contributed by atoms with Crippen LogP contribution in [0.15, 0.2) is 16.9 Å². The molecule has 0 aliphatic rings. The van der Waals surface area contributed by atoms with Crippen LogP contribution in [0.4, 0.5) is 5.13 Å². The minimum atomic E-state index is -0.112. The second-order valence-electron chi connectivity index (χ2n) is 6.06. The Balaban J connectivity index is 2.21. The number of nitrogens with one attached hydrogen (secondary N) is 2. The topological polar surface area (TPSA) is 70.7 Å². The van der Waals surface area contributed by atoms with E-state index in [2.05, 4.69) is 48.2 Å². The lowest BCUT2D eigenvalue weighted by Gasteiger charge is -2.18. The molecule has 0 atom stereocenters. The number of hydrogen-bond acceptors (Lipinski definition) is 5. The summed E-state index contributed by atoms with van der Waals surface area (Å²) in [7, 11) is 0. The van der Waals surface area contributed by atoms with Crippen LogP contribution in [0.2, 0.25) is 0 Å². The van der Waals surface area contributed by atoms with E-state index in [1.807, 2.05) is 12.1 Å². The van der Waals surface area contributed by atoms with E-state index in [0.717, 1.165) is 30.2 Å². The van der Waals surface area contributed by atoms with E-state index in [-0.39, 0.29) is 11.0 Å². The van der Waals surface area contributed by atoms with Gasteiger partial charge in [-0.05, 0) is 18.6 Å². The van der Waals surface area contributed by atoms with Crippen molar-refractivity contribution < 1.29 is 0 Å². The van der Waals surface area contributed by atoms with E-state index in [9.17, 15) is 4.79 Å². The van der Waals surface area contributed by atoms with Crippen LogP contribution >= 0.6 is 11.3 Å². The van der Waals surface area contributed by atoms with Gasteiger partial charge in [0.15, 0.2) is 5.01 Å². The summed E-state index contributed by atoms with van der Waals surface area (Å²) in [6.45, 7) is 9.23. The Bertz CT molecular complexity index is 654. The Kier molecular flexibility index (Phi) is 4.77. The number of rotatable bonds is 5. The van der Waals surface area contributed by atoms with E-state index in [1.54, 1.807) is 0 Å². The van der Waals surface area contributed by atoms with Crippen molar-refractivity contribution in [3.63, 3.8) is 0 Å². The third-order valence-corrected chi connectivity index (χ3v) is 4.09. The maximum absolute atomic E-state index is 12.2. The number of nitrogens with zero attached hydrogens (tertiary/aromatic N) is 2. The molecule has 2 rings (SSSR count). The minimum absolute atomic E-state index is 0.0777. The van der Waals surface area contributed by atoms with Crippen molar-refractivity contribution in [1.29, 1.82) is 0 Å². The fourth-order valence-electron chi connectivity index (χ4n) is 1.86. The third kappa shape index (κ3) is 3.91. The lowest BCUT2D eigenvalue weighted by Crippen LogP contribution is -2.20. The Hall–Kier alpha value is -1.69. The first kappa shape index (κ1) is 15.7. The second-order valence-corrected chi connectivity index (χ2v) is 7.04. The zero-order chi connectivity index (χ0) is 15.5. The largest absolute Gasteiger partial charge is 0.360 e. The van der Waals surface area contributed by atoms with Crippen molar-refractivity contribution >= 4 is 16.5 Å². The molecule has 2 N–H and O–H groups in total. The van der Waals surface area contributed by atoms with Gasteiger partial charge in [-0.25, -0.2) is 0 Å². The molecular formula is C15H22N4OS. The number of pyridine rings is 1. The predicted octanol–water partition coefficient (Wildman–Crippen LogP) is 3.40. The summed E-state index contributed by atoms with van der Waals surface area (Å²) in [5, 5.41) is 12.8. The van der Waals surface area contributed by atoms with Gasteiger partial charge in [0.05, 0.1) is 5.56 Å². The maximum atomic E-state index is 12.2.